The first-order valence-corrected chi connectivity index (χ1v) is 7.86. The summed E-state index contributed by atoms with van der Waals surface area (Å²) in [5.41, 5.74) is 1.08. The number of fused-ring (bicyclic) bond motifs is 1. The fraction of sp³-hybridized carbons (Fsp3) is 0.412. The maximum absolute atomic E-state index is 13.8. The van der Waals surface area contributed by atoms with E-state index in [4.69, 9.17) is 0 Å². The third-order valence-corrected chi connectivity index (χ3v) is 4.31. The molecular formula is C17H20FN3O2. The predicted molar refractivity (Wildman–Crippen MR) is 87.0 cm³/mol. The Balaban J connectivity index is 1.79. The molecule has 1 aromatic carbocycles. The van der Waals surface area contributed by atoms with Gasteiger partial charge in [0.25, 0.3) is 5.56 Å². The van der Waals surface area contributed by atoms with E-state index in [1.165, 1.54) is 6.07 Å². The van der Waals surface area contributed by atoms with Crippen LogP contribution in [0.25, 0.3) is 10.8 Å². The molecule has 1 aliphatic heterocycles. The summed E-state index contributed by atoms with van der Waals surface area (Å²) < 4.78 is 13.8. The van der Waals surface area contributed by atoms with Gasteiger partial charge in [0, 0.05) is 38.3 Å². The van der Waals surface area contributed by atoms with Gasteiger partial charge in [-0.2, -0.15) is 0 Å². The molecular weight excluding hydrogens is 297 g/mol. The Bertz CT molecular complexity index is 794. The van der Waals surface area contributed by atoms with Gasteiger partial charge < -0.3 is 15.2 Å². The van der Waals surface area contributed by atoms with Crippen LogP contribution in [0.15, 0.2) is 23.0 Å². The summed E-state index contributed by atoms with van der Waals surface area (Å²) in [6.07, 6.45) is 0.791. The molecule has 1 fully saturated rings. The van der Waals surface area contributed by atoms with Gasteiger partial charge in [-0.1, -0.05) is 6.07 Å². The highest BCUT2D eigenvalue weighted by Gasteiger charge is 2.16. The number of carbonyl (C=O) groups is 1. The van der Waals surface area contributed by atoms with Crippen LogP contribution in [0.2, 0.25) is 0 Å². The number of H-pyrrole nitrogens is 1. The average molecular weight is 317 g/mol. The molecule has 0 saturated carbocycles. The van der Waals surface area contributed by atoms with E-state index in [1.54, 1.807) is 12.1 Å². The second kappa shape index (κ2) is 6.50. The van der Waals surface area contributed by atoms with E-state index in [9.17, 15) is 14.0 Å². The number of rotatable bonds is 3. The summed E-state index contributed by atoms with van der Waals surface area (Å²) in [7, 11) is 0. The summed E-state index contributed by atoms with van der Waals surface area (Å²) in [6, 6.07) is 4.74. The Kier molecular flexibility index (Phi) is 4.43. The van der Waals surface area contributed by atoms with Gasteiger partial charge in [-0.15, -0.1) is 0 Å². The molecule has 0 radical (unpaired) electrons. The standard InChI is InChI=1S/C17H20FN3O2/c1-11-2-4-14(18)16-13(11)10-12(20-17(16)23)3-5-15(22)21-8-6-19-7-9-21/h2,4,10,19H,3,5-9H2,1H3,(H,20,23). The minimum absolute atomic E-state index is 0.0854. The molecule has 0 aliphatic carbocycles. The van der Waals surface area contributed by atoms with E-state index in [2.05, 4.69) is 10.3 Å². The van der Waals surface area contributed by atoms with Crippen LogP contribution in [0.3, 0.4) is 0 Å². The van der Waals surface area contributed by atoms with E-state index in [0.29, 0.717) is 23.9 Å². The number of aryl methyl sites for hydroxylation is 2. The topological polar surface area (TPSA) is 65.2 Å². The first-order chi connectivity index (χ1) is 11.1. The number of benzene rings is 1. The largest absolute Gasteiger partial charge is 0.340 e. The van der Waals surface area contributed by atoms with Gasteiger partial charge in [0.15, 0.2) is 0 Å². The SMILES string of the molecule is Cc1ccc(F)c2c(=O)[nH]c(CCC(=O)N3CCNCC3)cc12. The van der Waals surface area contributed by atoms with Crippen LogP contribution in [-0.2, 0) is 11.2 Å². The van der Waals surface area contributed by atoms with Crippen molar-refractivity contribution in [1.29, 1.82) is 0 Å². The Morgan fingerprint density at radius 2 is 2.04 bits per heavy atom. The quantitative estimate of drug-likeness (QED) is 0.898. The maximum Gasteiger partial charge on any atom is 0.259 e. The Labute approximate surface area is 133 Å². The highest BCUT2D eigenvalue weighted by Crippen LogP contribution is 2.19. The van der Waals surface area contributed by atoms with Gasteiger partial charge in [-0.05, 0) is 36.4 Å². The monoisotopic (exact) mass is 317 g/mol. The first kappa shape index (κ1) is 15.7. The lowest BCUT2D eigenvalue weighted by molar-refractivity contribution is -0.131. The normalized spacial score (nSPS) is 15.1. The lowest BCUT2D eigenvalue weighted by Crippen LogP contribution is -2.46. The molecule has 2 heterocycles. The van der Waals surface area contributed by atoms with Gasteiger partial charge in [0.1, 0.15) is 5.82 Å². The van der Waals surface area contributed by atoms with Gasteiger partial charge in [-0.25, -0.2) is 4.39 Å². The summed E-state index contributed by atoms with van der Waals surface area (Å²) in [5.74, 6) is -0.432. The molecule has 0 atom stereocenters. The van der Waals surface area contributed by atoms with Crippen molar-refractivity contribution in [2.75, 3.05) is 26.2 Å². The van der Waals surface area contributed by atoms with Crippen LogP contribution >= 0.6 is 0 Å². The molecule has 122 valence electrons. The molecule has 2 aromatic rings. The van der Waals surface area contributed by atoms with E-state index in [0.717, 1.165) is 31.7 Å². The molecule has 1 aromatic heterocycles. The van der Waals surface area contributed by atoms with Crippen molar-refractivity contribution < 1.29 is 9.18 Å². The van der Waals surface area contributed by atoms with Crippen molar-refractivity contribution in [3.63, 3.8) is 0 Å². The molecule has 0 bridgehead atoms. The minimum atomic E-state index is -0.518. The average Bonchev–Trinajstić information content (AvgIpc) is 2.56. The van der Waals surface area contributed by atoms with Crippen molar-refractivity contribution in [1.82, 2.24) is 15.2 Å². The highest BCUT2D eigenvalue weighted by atomic mass is 19.1. The number of piperazine rings is 1. The number of amides is 1. The number of hydrogen-bond acceptors (Lipinski definition) is 3. The number of nitrogens with one attached hydrogen (secondary N) is 2. The Hall–Kier alpha value is -2.21. The number of halogens is 1. The van der Waals surface area contributed by atoms with Crippen LogP contribution in [0.4, 0.5) is 4.39 Å². The third-order valence-electron chi connectivity index (χ3n) is 4.31. The molecule has 0 spiro atoms. The second-order valence-corrected chi connectivity index (χ2v) is 5.91. The van der Waals surface area contributed by atoms with Gasteiger partial charge >= 0.3 is 0 Å². The molecule has 5 nitrogen and oxygen atoms in total. The first-order valence-electron chi connectivity index (χ1n) is 7.86. The number of carbonyl (C=O) groups excluding carboxylic acids is 1. The Morgan fingerprint density at radius 1 is 1.30 bits per heavy atom. The predicted octanol–water partition coefficient (Wildman–Crippen LogP) is 1.34. The van der Waals surface area contributed by atoms with Crippen molar-refractivity contribution >= 4 is 16.7 Å². The zero-order valence-corrected chi connectivity index (χ0v) is 13.1. The van der Waals surface area contributed by atoms with Crippen LogP contribution in [0, 0.1) is 12.7 Å². The van der Waals surface area contributed by atoms with Crippen molar-refractivity contribution in [3.05, 3.63) is 45.6 Å². The highest BCUT2D eigenvalue weighted by molar-refractivity contribution is 5.85. The summed E-state index contributed by atoms with van der Waals surface area (Å²) in [6.45, 7) is 4.92. The van der Waals surface area contributed by atoms with Crippen LogP contribution in [0.5, 0.6) is 0 Å². The summed E-state index contributed by atoms with van der Waals surface area (Å²) in [5, 5.41) is 3.90. The molecule has 23 heavy (non-hydrogen) atoms. The summed E-state index contributed by atoms with van der Waals surface area (Å²) in [4.78, 5) is 28.8. The molecule has 3 rings (SSSR count). The van der Waals surface area contributed by atoms with Crippen molar-refractivity contribution in [2.24, 2.45) is 0 Å². The Morgan fingerprint density at radius 3 is 2.78 bits per heavy atom. The number of hydrogen-bond donors (Lipinski definition) is 2. The zero-order chi connectivity index (χ0) is 16.4. The number of nitrogens with zero attached hydrogens (tertiary/aromatic N) is 1. The number of aromatic amines is 1. The van der Waals surface area contributed by atoms with Crippen molar-refractivity contribution in [3.8, 4) is 0 Å². The van der Waals surface area contributed by atoms with E-state index >= 15 is 0 Å². The fourth-order valence-corrected chi connectivity index (χ4v) is 2.98. The van der Waals surface area contributed by atoms with Gasteiger partial charge in [-0.3, -0.25) is 9.59 Å². The molecule has 0 unspecified atom stereocenters. The van der Waals surface area contributed by atoms with Crippen molar-refractivity contribution in [2.45, 2.75) is 19.8 Å². The second-order valence-electron chi connectivity index (χ2n) is 5.91. The molecule has 6 heteroatoms. The van der Waals surface area contributed by atoms with Crippen LogP contribution in [-0.4, -0.2) is 42.0 Å². The van der Waals surface area contributed by atoms with E-state index < -0.39 is 11.4 Å². The minimum Gasteiger partial charge on any atom is -0.340 e. The molecule has 1 aliphatic rings. The number of pyridine rings is 1. The molecule has 1 saturated heterocycles. The lowest BCUT2D eigenvalue weighted by atomic mass is 10.0. The zero-order valence-electron chi connectivity index (χ0n) is 13.1. The summed E-state index contributed by atoms with van der Waals surface area (Å²) >= 11 is 0. The van der Waals surface area contributed by atoms with Gasteiger partial charge in [0.2, 0.25) is 5.91 Å². The van der Waals surface area contributed by atoms with Crippen LogP contribution in [0.1, 0.15) is 17.7 Å². The van der Waals surface area contributed by atoms with E-state index in [1.807, 2.05) is 11.8 Å². The van der Waals surface area contributed by atoms with Gasteiger partial charge in [0.05, 0.1) is 5.39 Å². The third kappa shape index (κ3) is 3.27. The van der Waals surface area contributed by atoms with E-state index in [-0.39, 0.29) is 11.3 Å². The molecule has 1 amide bonds. The van der Waals surface area contributed by atoms with Crippen LogP contribution < -0.4 is 10.9 Å². The molecule has 2 N–H and O–H groups in total. The number of aromatic nitrogens is 1. The fourth-order valence-electron chi connectivity index (χ4n) is 2.98. The smallest absolute Gasteiger partial charge is 0.259 e. The maximum atomic E-state index is 13.8. The lowest BCUT2D eigenvalue weighted by Gasteiger charge is -2.27.